The van der Waals surface area contributed by atoms with Gasteiger partial charge in [0.25, 0.3) is 5.91 Å². The summed E-state index contributed by atoms with van der Waals surface area (Å²) in [6.45, 7) is 1.30. The van der Waals surface area contributed by atoms with Gasteiger partial charge in [-0.15, -0.1) is 0 Å². The summed E-state index contributed by atoms with van der Waals surface area (Å²) in [7, 11) is 0. The zero-order chi connectivity index (χ0) is 19.3. The van der Waals surface area contributed by atoms with Gasteiger partial charge in [0.15, 0.2) is 0 Å². The largest absolute Gasteiger partial charge is 0.392 e. The van der Waals surface area contributed by atoms with E-state index in [2.05, 4.69) is 15.2 Å². The van der Waals surface area contributed by atoms with Crippen LogP contribution in [0, 0.1) is 5.92 Å². The fourth-order valence-corrected chi connectivity index (χ4v) is 3.78. The van der Waals surface area contributed by atoms with E-state index in [0.717, 1.165) is 29.7 Å². The lowest BCUT2D eigenvalue weighted by molar-refractivity contribution is 0.0463. The summed E-state index contributed by atoms with van der Waals surface area (Å²) < 4.78 is 0. The number of H-pyrrole nitrogens is 1. The summed E-state index contributed by atoms with van der Waals surface area (Å²) in [6, 6.07) is 15.6. The molecule has 0 radical (unpaired) electrons. The first-order chi connectivity index (χ1) is 13.7. The van der Waals surface area contributed by atoms with Gasteiger partial charge in [-0.3, -0.25) is 14.9 Å². The van der Waals surface area contributed by atoms with E-state index >= 15 is 0 Å². The molecule has 0 aliphatic carbocycles. The topological polar surface area (TPSA) is 82.1 Å². The van der Waals surface area contributed by atoms with Crippen molar-refractivity contribution in [2.24, 2.45) is 5.92 Å². The van der Waals surface area contributed by atoms with E-state index in [4.69, 9.17) is 0 Å². The number of pyridine rings is 1. The minimum absolute atomic E-state index is 0.0381. The average molecular weight is 376 g/mol. The van der Waals surface area contributed by atoms with Crippen molar-refractivity contribution in [3.8, 4) is 11.3 Å². The van der Waals surface area contributed by atoms with Gasteiger partial charge < -0.3 is 10.0 Å². The summed E-state index contributed by atoms with van der Waals surface area (Å²) in [6.07, 6.45) is 5.32. The number of carbonyl (C=O) groups is 1. The van der Waals surface area contributed by atoms with Gasteiger partial charge in [0.1, 0.15) is 5.69 Å². The SMILES string of the molecule is O=C(c1cc(-c2ccncc2)n[nH]1)N1CCC(C(O)Cc2ccccc2)CC1. The normalized spacial score (nSPS) is 16.1. The number of nitrogens with zero attached hydrogens (tertiary/aromatic N) is 3. The van der Waals surface area contributed by atoms with Crippen molar-refractivity contribution in [3.63, 3.8) is 0 Å². The van der Waals surface area contributed by atoms with E-state index in [9.17, 15) is 9.90 Å². The van der Waals surface area contributed by atoms with Crippen LogP contribution in [0.4, 0.5) is 0 Å². The van der Waals surface area contributed by atoms with Gasteiger partial charge in [0, 0.05) is 31.0 Å². The highest BCUT2D eigenvalue weighted by atomic mass is 16.3. The van der Waals surface area contributed by atoms with E-state index in [1.807, 2.05) is 47.4 Å². The van der Waals surface area contributed by atoms with E-state index in [1.165, 1.54) is 0 Å². The van der Waals surface area contributed by atoms with Gasteiger partial charge in [-0.25, -0.2) is 0 Å². The second-order valence-electron chi connectivity index (χ2n) is 7.29. The molecule has 144 valence electrons. The lowest BCUT2D eigenvalue weighted by Gasteiger charge is -2.34. The van der Waals surface area contributed by atoms with Crippen molar-refractivity contribution >= 4 is 5.91 Å². The third-order valence-electron chi connectivity index (χ3n) is 5.44. The van der Waals surface area contributed by atoms with Crippen LogP contribution in [0.1, 0.15) is 28.9 Å². The molecule has 2 aromatic heterocycles. The fraction of sp³-hybridized carbons (Fsp3) is 0.318. The molecule has 1 unspecified atom stereocenters. The second-order valence-corrected chi connectivity index (χ2v) is 7.29. The van der Waals surface area contributed by atoms with E-state index in [1.54, 1.807) is 18.5 Å². The molecule has 1 atom stereocenters. The number of benzene rings is 1. The van der Waals surface area contributed by atoms with Crippen LogP contribution in [0.5, 0.6) is 0 Å². The summed E-state index contributed by atoms with van der Waals surface area (Å²) in [5.41, 5.74) is 3.30. The van der Waals surface area contributed by atoms with E-state index in [-0.39, 0.29) is 17.9 Å². The number of aromatic amines is 1. The number of aliphatic hydroxyl groups is 1. The molecule has 0 bridgehead atoms. The zero-order valence-electron chi connectivity index (χ0n) is 15.7. The van der Waals surface area contributed by atoms with E-state index < -0.39 is 0 Å². The predicted molar refractivity (Wildman–Crippen MR) is 107 cm³/mol. The molecule has 3 aromatic rings. The Bertz CT molecular complexity index is 903. The van der Waals surface area contributed by atoms with Crippen LogP contribution in [-0.2, 0) is 6.42 Å². The molecule has 1 aliphatic heterocycles. The number of hydrogen-bond donors (Lipinski definition) is 2. The quantitative estimate of drug-likeness (QED) is 0.717. The molecule has 6 heteroatoms. The first-order valence-electron chi connectivity index (χ1n) is 9.68. The first kappa shape index (κ1) is 18.4. The predicted octanol–water partition coefficient (Wildman–Crippen LogP) is 2.93. The van der Waals surface area contributed by atoms with Gasteiger partial charge in [0.2, 0.25) is 0 Å². The fourth-order valence-electron chi connectivity index (χ4n) is 3.78. The molecular formula is C22H24N4O2. The molecule has 28 heavy (non-hydrogen) atoms. The number of carbonyl (C=O) groups excluding carboxylic acids is 1. The van der Waals surface area contributed by atoms with Gasteiger partial charge in [-0.05, 0) is 48.9 Å². The summed E-state index contributed by atoms with van der Waals surface area (Å²) in [5.74, 6) is 0.183. The highest BCUT2D eigenvalue weighted by molar-refractivity contribution is 5.93. The monoisotopic (exact) mass is 376 g/mol. The molecule has 4 rings (SSSR count). The maximum atomic E-state index is 12.8. The maximum Gasteiger partial charge on any atom is 0.271 e. The zero-order valence-corrected chi connectivity index (χ0v) is 15.7. The van der Waals surface area contributed by atoms with Crippen LogP contribution in [0.15, 0.2) is 60.9 Å². The molecule has 2 N–H and O–H groups in total. The Morgan fingerprint density at radius 3 is 2.57 bits per heavy atom. The molecular weight excluding hydrogens is 352 g/mol. The van der Waals surface area contributed by atoms with Crippen LogP contribution < -0.4 is 0 Å². The highest BCUT2D eigenvalue weighted by Gasteiger charge is 2.28. The smallest absolute Gasteiger partial charge is 0.271 e. The number of amides is 1. The lowest BCUT2D eigenvalue weighted by Crippen LogP contribution is -2.41. The average Bonchev–Trinajstić information content (AvgIpc) is 3.25. The number of aliphatic hydroxyl groups excluding tert-OH is 1. The van der Waals surface area contributed by atoms with Crippen molar-refractivity contribution in [3.05, 3.63) is 72.2 Å². The van der Waals surface area contributed by atoms with Gasteiger partial charge in [-0.2, -0.15) is 5.10 Å². The lowest BCUT2D eigenvalue weighted by atomic mass is 9.88. The molecule has 0 saturated carbocycles. The van der Waals surface area contributed by atoms with Crippen molar-refractivity contribution in [2.75, 3.05) is 13.1 Å². The Morgan fingerprint density at radius 1 is 1.14 bits per heavy atom. The third-order valence-corrected chi connectivity index (χ3v) is 5.44. The number of aromatic nitrogens is 3. The third kappa shape index (κ3) is 4.12. The van der Waals surface area contributed by atoms with Gasteiger partial charge >= 0.3 is 0 Å². The van der Waals surface area contributed by atoms with Gasteiger partial charge in [-0.1, -0.05) is 30.3 Å². The highest BCUT2D eigenvalue weighted by Crippen LogP contribution is 2.25. The molecule has 1 aromatic carbocycles. The van der Waals surface area contributed by atoms with Crippen LogP contribution >= 0.6 is 0 Å². The molecule has 1 amide bonds. The molecule has 1 saturated heterocycles. The number of likely N-dealkylation sites (tertiary alicyclic amines) is 1. The van der Waals surface area contributed by atoms with Crippen molar-refractivity contribution in [1.82, 2.24) is 20.1 Å². The van der Waals surface area contributed by atoms with Crippen LogP contribution in [-0.4, -0.2) is 50.3 Å². The number of nitrogens with one attached hydrogen (secondary N) is 1. The Hall–Kier alpha value is -2.99. The molecule has 3 heterocycles. The number of hydrogen-bond acceptors (Lipinski definition) is 4. The molecule has 1 fully saturated rings. The Kier molecular flexibility index (Phi) is 5.48. The Morgan fingerprint density at radius 2 is 1.86 bits per heavy atom. The molecule has 0 spiro atoms. The Labute approximate surface area is 164 Å². The second kappa shape index (κ2) is 8.35. The van der Waals surface area contributed by atoms with Gasteiger partial charge in [0.05, 0.1) is 11.8 Å². The first-order valence-corrected chi connectivity index (χ1v) is 9.68. The van der Waals surface area contributed by atoms with E-state index in [0.29, 0.717) is 25.2 Å². The van der Waals surface area contributed by atoms with Crippen LogP contribution in [0.2, 0.25) is 0 Å². The standard InChI is InChI=1S/C22H24N4O2/c27-21(14-16-4-2-1-3-5-16)18-8-12-26(13-9-18)22(28)20-15-19(24-25-20)17-6-10-23-11-7-17/h1-7,10-11,15,18,21,27H,8-9,12-14H2,(H,24,25). The van der Waals surface area contributed by atoms with Crippen LogP contribution in [0.3, 0.4) is 0 Å². The maximum absolute atomic E-state index is 12.8. The van der Waals surface area contributed by atoms with Crippen molar-refractivity contribution in [2.45, 2.75) is 25.4 Å². The Balaban J connectivity index is 1.33. The minimum Gasteiger partial charge on any atom is -0.392 e. The van der Waals surface area contributed by atoms with Crippen molar-refractivity contribution in [1.29, 1.82) is 0 Å². The summed E-state index contributed by atoms with van der Waals surface area (Å²) in [5, 5.41) is 17.7. The number of rotatable bonds is 5. The summed E-state index contributed by atoms with van der Waals surface area (Å²) >= 11 is 0. The molecule has 1 aliphatic rings. The van der Waals surface area contributed by atoms with Crippen LogP contribution in [0.25, 0.3) is 11.3 Å². The summed E-state index contributed by atoms with van der Waals surface area (Å²) in [4.78, 5) is 18.6. The molecule has 6 nitrogen and oxygen atoms in total. The minimum atomic E-state index is -0.370. The van der Waals surface area contributed by atoms with Crippen molar-refractivity contribution < 1.29 is 9.90 Å². The number of piperidine rings is 1.